The normalized spacial score (nSPS) is 42.8. The molecule has 0 spiro atoms. The van der Waals surface area contributed by atoms with Crippen molar-refractivity contribution in [2.24, 2.45) is 33.7 Å². The summed E-state index contributed by atoms with van der Waals surface area (Å²) < 4.78 is 0. The van der Waals surface area contributed by atoms with Crippen molar-refractivity contribution < 1.29 is 30.4 Å². The molecule has 0 heterocycles. The van der Waals surface area contributed by atoms with Gasteiger partial charge in [-0.25, -0.2) is 0 Å². The molecule has 0 aliphatic heterocycles. The molecule has 5 N–H and O–H groups in total. The molecule has 0 bridgehead atoms. The van der Waals surface area contributed by atoms with E-state index in [1.807, 2.05) is 0 Å². The van der Waals surface area contributed by atoms with Crippen LogP contribution in [0.15, 0.2) is 28.5 Å². The standard InChI is InChI=1S/C28H45NO6/c1-25(2,33)11-10-24(32)28(5,34)23-8-7-17-16-13-20(29-35-6)19-14-21(30)22(31)15-27(19,4)18(16)9-12-26(17,23)3/h7,13,18-19,21-24,30-34H,8-12,14-15H2,1-6H3/b29-20+/t18?,19-,21+,22-,23-,24+,26-,27+,28+/m0/s1. The summed E-state index contributed by atoms with van der Waals surface area (Å²) in [6.45, 7) is 9.59. The van der Waals surface area contributed by atoms with Crippen LogP contribution in [0.2, 0.25) is 0 Å². The van der Waals surface area contributed by atoms with Crippen molar-refractivity contribution in [3.63, 3.8) is 0 Å². The summed E-state index contributed by atoms with van der Waals surface area (Å²) in [6, 6.07) is 0. The van der Waals surface area contributed by atoms with E-state index in [-0.39, 0.29) is 28.6 Å². The molecular formula is C28H45NO6. The van der Waals surface area contributed by atoms with E-state index in [1.165, 1.54) is 18.3 Å². The molecule has 0 amide bonds. The van der Waals surface area contributed by atoms with Gasteiger partial charge in [-0.3, -0.25) is 0 Å². The van der Waals surface area contributed by atoms with Gasteiger partial charge in [0, 0.05) is 11.8 Å². The lowest BCUT2D eigenvalue weighted by molar-refractivity contribution is -0.134. The van der Waals surface area contributed by atoms with Gasteiger partial charge < -0.3 is 30.4 Å². The lowest BCUT2D eigenvalue weighted by atomic mass is 9.47. The summed E-state index contributed by atoms with van der Waals surface area (Å²) in [5, 5.41) is 58.2. The number of oxime groups is 1. The fourth-order valence-electron chi connectivity index (χ4n) is 7.92. The van der Waals surface area contributed by atoms with Gasteiger partial charge in [0.1, 0.15) is 7.11 Å². The van der Waals surface area contributed by atoms with Crippen LogP contribution in [0, 0.1) is 28.6 Å². The molecule has 0 saturated heterocycles. The smallest absolute Gasteiger partial charge is 0.106 e. The van der Waals surface area contributed by atoms with Gasteiger partial charge in [0.25, 0.3) is 0 Å². The molecule has 9 atom stereocenters. The van der Waals surface area contributed by atoms with Crippen molar-refractivity contribution in [1.29, 1.82) is 0 Å². The molecule has 2 saturated carbocycles. The van der Waals surface area contributed by atoms with Gasteiger partial charge in [-0.2, -0.15) is 0 Å². The van der Waals surface area contributed by atoms with Crippen molar-refractivity contribution in [1.82, 2.24) is 0 Å². The van der Waals surface area contributed by atoms with Gasteiger partial charge >= 0.3 is 0 Å². The number of allylic oxidation sites excluding steroid dienone is 4. The van der Waals surface area contributed by atoms with Crippen molar-refractivity contribution in [3.05, 3.63) is 23.3 Å². The Labute approximate surface area is 209 Å². The van der Waals surface area contributed by atoms with E-state index in [0.717, 1.165) is 18.6 Å². The number of fused-ring (bicyclic) bond motifs is 5. The summed E-state index contributed by atoms with van der Waals surface area (Å²) in [5.41, 5.74) is 0.440. The van der Waals surface area contributed by atoms with E-state index in [9.17, 15) is 25.5 Å². The molecule has 2 fully saturated rings. The lowest BCUT2D eigenvalue weighted by Crippen LogP contribution is -2.56. The van der Waals surface area contributed by atoms with E-state index < -0.39 is 29.5 Å². The summed E-state index contributed by atoms with van der Waals surface area (Å²) in [5.74, 6) is 0.0629. The Bertz CT molecular complexity index is 917. The molecule has 4 rings (SSSR count). The maximum Gasteiger partial charge on any atom is 0.106 e. The molecule has 7 nitrogen and oxygen atoms in total. The van der Waals surface area contributed by atoms with E-state index in [2.05, 4.69) is 31.2 Å². The van der Waals surface area contributed by atoms with Gasteiger partial charge in [0.15, 0.2) is 0 Å². The van der Waals surface area contributed by atoms with Crippen molar-refractivity contribution in [2.45, 2.75) is 109 Å². The first-order chi connectivity index (χ1) is 16.1. The minimum atomic E-state index is -1.30. The maximum absolute atomic E-state index is 11.6. The SMILES string of the molecule is CO/N=C1\C=C2C3=CC[C@H]([C@@](C)(O)[C@H](O)CCC(C)(C)O)[C@@]3(C)CCC2[C@@]2(C)C[C@H](O)[C@H](O)C[C@@H]12. The Hall–Kier alpha value is -1.25. The highest BCUT2D eigenvalue weighted by atomic mass is 16.6. The first kappa shape index (κ1) is 26.8. The molecule has 4 aliphatic carbocycles. The number of nitrogens with zero attached hydrogens (tertiary/aromatic N) is 1. The van der Waals surface area contributed by atoms with E-state index in [1.54, 1.807) is 20.8 Å². The Kier molecular flexibility index (Phi) is 6.85. The Morgan fingerprint density at radius 2 is 1.83 bits per heavy atom. The fourth-order valence-corrected chi connectivity index (χ4v) is 7.92. The molecule has 35 heavy (non-hydrogen) atoms. The Morgan fingerprint density at radius 3 is 2.46 bits per heavy atom. The average Bonchev–Trinajstić information content (AvgIpc) is 3.11. The highest BCUT2D eigenvalue weighted by Crippen LogP contribution is 2.65. The highest BCUT2D eigenvalue weighted by molar-refractivity contribution is 5.99. The lowest BCUT2D eigenvalue weighted by Gasteiger charge is -2.57. The molecule has 1 unspecified atom stereocenters. The zero-order chi connectivity index (χ0) is 26.0. The van der Waals surface area contributed by atoms with Crippen LogP contribution in [0.3, 0.4) is 0 Å². The van der Waals surface area contributed by atoms with Gasteiger partial charge in [0.2, 0.25) is 0 Å². The van der Waals surface area contributed by atoms with Crippen LogP contribution in [0.4, 0.5) is 0 Å². The Morgan fingerprint density at radius 1 is 1.14 bits per heavy atom. The molecule has 0 aromatic carbocycles. The summed E-state index contributed by atoms with van der Waals surface area (Å²) in [6.07, 6.45) is 6.02. The van der Waals surface area contributed by atoms with Crippen molar-refractivity contribution in [2.75, 3.05) is 7.11 Å². The maximum atomic E-state index is 11.6. The van der Waals surface area contributed by atoms with E-state index in [0.29, 0.717) is 32.1 Å². The molecule has 7 heteroatoms. The number of hydrogen-bond donors (Lipinski definition) is 5. The van der Waals surface area contributed by atoms with Crippen molar-refractivity contribution >= 4 is 5.71 Å². The first-order valence-corrected chi connectivity index (χ1v) is 13.2. The number of aliphatic hydroxyl groups excluding tert-OH is 3. The van der Waals surface area contributed by atoms with Crippen LogP contribution in [0.1, 0.15) is 79.6 Å². The molecule has 4 aliphatic rings. The van der Waals surface area contributed by atoms with Gasteiger partial charge in [0.05, 0.1) is 35.2 Å². The van der Waals surface area contributed by atoms with Crippen LogP contribution in [0.25, 0.3) is 0 Å². The minimum absolute atomic E-state index is 0.00326. The first-order valence-electron chi connectivity index (χ1n) is 13.2. The molecule has 0 aromatic heterocycles. The average molecular weight is 492 g/mol. The van der Waals surface area contributed by atoms with Gasteiger partial charge in [-0.15, -0.1) is 0 Å². The predicted octanol–water partition coefficient (Wildman–Crippen LogP) is 3.09. The third-order valence-electron chi connectivity index (χ3n) is 10.0. The van der Waals surface area contributed by atoms with Crippen molar-refractivity contribution in [3.8, 4) is 0 Å². The van der Waals surface area contributed by atoms with Crippen LogP contribution < -0.4 is 0 Å². The third-order valence-corrected chi connectivity index (χ3v) is 10.0. The van der Waals surface area contributed by atoms with Gasteiger partial charge in [-0.1, -0.05) is 25.1 Å². The quantitative estimate of drug-likeness (QED) is 0.364. The third kappa shape index (κ3) is 4.42. The monoisotopic (exact) mass is 491 g/mol. The van der Waals surface area contributed by atoms with Crippen LogP contribution in [-0.4, -0.2) is 67.9 Å². The Balaban J connectivity index is 1.67. The predicted molar refractivity (Wildman–Crippen MR) is 135 cm³/mol. The van der Waals surface area contributed by atoms with Crippen LogP contribution in [0.5, 0.6) is 0 Å². The molecule has 198 valence electrons. The number of rotatable bonds is 6. The summed E-state index contributed by atoms with van der Waals surface area (Å²) in [4.78, 5) is 5.20. The van der Waals surface area contributed by atoms with Gasteiger partial charge in [-0.05, 0) is 99.7 Å². The summed E-state index contributed by atoms with van der Waals surface area (Å²) >= 11 is 0. The second-order valence-electron chi connectivity index (χ2n) is 12.9. The second kappa shape index (κ2) is 8.95. The number of hydrogen-bond acceptors (Lipinski definition) is 7. The fraction of sp³-hybridized carbons (Fsp3) is 0.821. The largest absolute Gasteiger partial charge is 0.399 e. The van der Waals surface area contributed by atoms with E-state index in [4.69, 9.17) is 4.84 Å². The van der Waals surface area contributed by atoms with Crippen LogP contribution >= 0.6 is 0 Å². The zero-order valence-corrected chi connectivity index (χ0v) is 22.2. The molecule has 0 radical (unpaired) electrons. The topological polar surface area (TPSA) is 123 Å². The van der Waals surface area contributed by atoms with E-state index >= 15 is 0 Å². The number of aliphatic hydroxyl groups is 5. The summed E-state index contributed by atoms with van der Waals surface area (Å²) in [7, 11) is 1.53. The minimum Gasteiger partial charge on any atom is -0.399 e. The second-order valence-corrected chi connectivity index (χ2v) is 12.9. The molecular weight excluding hydrogens is 446 g/mol. The van der Waals surface area contributed by atoms with Crippen LogP contribution in [-0.2, 0) is 4.84 Å². The zero-order valence-electron chi connectivity index (χ0n) is 22.2. The highest BCUT2D eigenvalue weighted by Gasteiger charge is 2.60. The molecule has 0 aromatic rings.